The number of carboxylic acid groups (broad SMARTS) is 1. The number of carboxylic acids is 1. The van der Waals surface area contributed by atoms with Gasteiger partial charge in [0, 0.05) is 0 Å². The van der Waals surface area contributed by atoms with Gasteiger partial charge in [0.05, 0.1) is 92.5 Å². The molecule has 170 valence electrons. The van der Waals surface area contributed by atoms with Gasteiger partial charge < -0.3 is 43.0 Å². The Hall–Kier alpha value is -1.29. The van der Waals surface area contributed by atoms with Gasteiger partial charge in [0.25, 0.3) is 0 Å². The molecule has 0 saturated carbocycles. The lowest BCUT2D eigenvalue weighted by atomic mass is 10.6. The third kappa shape index (κ3) is 26.7. The molecule has 0 saturated heterocycles. The molecule has 0 rings (SSSR count). The van der Waals surface area contributed by atoms with Gasteiger partial charge in [0.2, 0.25) is 0 Å². The molecule has 29 heavy (non-hydrogen) atoms. The van der Waals surface area contributed by atoms with Crippen molar-refractivity contribution in [2.45, 2.75) is 0 Å². The molecule has 10 heteroatoms. The summed E-state index contributed by atoms with van der Waals surface area (Å²) in [5.74, 6) is 1.39. The minimum atomic E-state index is -0.993. The number of ether oxygens (including phenoxy) is 8. The third-order valence-electron chi connectivity index (χ3n) is 3.01. The van der Waals surface area contributed by atoms with Crippen LogP contribution in [0.5, 0.6) is 0 Å². The highest BCUT2D eigenvalue weighted by Gasteiger charge is 1.96. The lowest BCUT2D eigenvalue weighted by Crippen LogP contribution is -2.15. The molecule has 0 radical (unpaired) electrons. The number of hydrogen-bond donors (Lipinski definition) is 1. The molecule has 0 aromatic carbocycles. The Bertz CT molecular complexity index is 386. The van der Waals surface area contributed by atoms with Crippen molar-refractivity contribution in [3.63, 3.8) is 0 Å². The topological polar surface area (TPSA) is 111 Å². The fraction of sp³-hybridized carbons (Fsp3) is 0.842. The number of rotatable bonds is 24. The average molecular weight is 422 g/mol. The van der Waals surface area contributed by atoms with Crippen LogP contribution in [0.3, 0.4) is 0 Å². The minimum absolute atomic E-state index is 0.247. The second-order valence-electron chi connectivity index (χ2n) is 5.38. The fourth-order valence-electron chi connectivity index (χ4n) is 1.73. The molecular formula is C19H34O10. The van der Waals surface area contributed by atoms with E-state index < -0.39 is 5.97 Å². The predicted molar refractivity (Wildman–Crippen MR) is 103 cm³/mol. The van der Waals surface area contributed by atoms with Crippen molar-refractivity contribution in [1.82, 2.24) is 0 Å². The van der Waals surface area contributed by atoms with Gasteiger partial charge in [-0.3, -0.25) is 0 Å². The van der Waals surface area contributed by atoms with E-state index in [1.54, 1.807) is 0 Å². The second-order valence-corrected chi connectivity index (χ2v) is 5.38. The Morgan fingerprint density at radius 1 is 0.552 bits per heavy atom. The van der Waals surface area contributed by atoms with E-state index in [0.717, 1.165) is 0 Å². The number of hydrogen-bond acceptors (Lipinski definition) is 9. The largest absolute Gasteiger partial charge is 0.480 e. The zero-order chi connectivity index (χ0) is 21.3. The Morgan fingerprint density at radius 3 is 1.10 bits per heavy atom. The van der Waals surface area contributed by atoms with Crippen LogP contribution in [0.4, 0.5) is 0 Å². The van der Waals surface area contributed by atoms with E-state index in [1.165, 1.54) is 0 Å². The van der Waals surface area contributed by atoms with E-state index in [0.29, 0.717) is 92.5 Å². The first-order chi connectivity index (χ1) is 14.3. The van der Waals surface area contributed by atoms with Crippen molar-refractivity contribution in [3.8, 4) is 12.3 Å². The standard InChI is InChI=1S/C19H34O10/c1-2-3-22-4-5-23-6-7-24-8-9-25-10-11-26-12-13-27-14-15-28-16-17-29-18-19(20)21/h1H,3-18H2,(H,20,21). The Labute approximate surface area is 172 Å². The van der Waals surface area contributed by atoms with Crippen LogP contribution in [0.25, 0.3) is 0 Å². The molecule has 0 heterocycles. The molecule has 0 fully saturated rings. The van der Waals surface area contributed by atoms with E-state index in [2.05, 4.69) is 5.92 Å². The lowest BCUT2D eigenvalue weighted by molar-refractivity contribution is -0.142. The smallest absolute Gasteiger partial charge is 0.329 e. The van der Waals surface area contributed by atoms with Gasteiger partial charge in [-0.1, -0.05) is 5.92 Å². The summed E-state index contributed by atoms with van der Waals surface area (Å²) in [6, 6.07) is 0. The normalized spacial score (nSPS) is 10.9. The molecular weight excluding hydrogens is 388 g/mol. The molecule has 10 nitrogen and oxygen atoms in total. The summed E-state index contributed by atoms with van der Waals surface area (Å²) in [5, 5.41) is 8.37. The fourth-order valence-corrected chi connectivity index (χ4v) is 1.73. The second kappa shape index (κ2) is 24.7. The van der Waals surface area contributed by atoms with Gasteiger partial charge in [0.15, 0.2) is 0 Å². The van der Waals surface area contributed by atoms with Crippen molar-refractivity contribution in [1.29, 1.82) is 0 Å². The lowest BCUT2D eigenvalue weighted by Gasteiger charge is -2.08. The molecule has 0 aromatic heterocycles. The SMILES string of the molecule is C#CCOCCOCCOCCOCCOCCOCCOCCOCC(=O)O. The summed E-state index contributed by atoms with van der Waals surface area (Å²) in [6.45, 7) is 6.36. The Balaban J connectivity index is 3.00. The maximum absolute atomic E-state index is 10.2. The van der Waals surface area contributed by atoms with Crippen molar-refractivity contribution >= 4 is 5.97 Å². The Kier molecular flexibility index (Phi) is 23.6. The van der Waals surface area contributed by atoms with Gasteiger partial charge in [-0.25, -0.2) is 4.79 Å². The maximum atomic E-state index is 10.2. The maximum Gasteiger partial charge on any atom is 0.329 e. The average Bonchev–Trinajstić information content (AvgIpc) is 2.71. The van der Waals surface area contributed by atoms with Crippen LogP contribution in [0.2, 0.25) is 0 Å². The highest BCUT2D eigenvalue weighted by Crippen LogP contribution is 1.85. The van der Waals surface area contributed by atoms with E-state index >= 15 is 0 Å². The molecule has 0 aliphatic heterocycles. The minimum Gasteiger partial charge on any atom is -0.480 e. The summed E-state index contributed by atoms with van der Waals surface area (Å²) < 4.78 is 41.8. The third-order valence-corrected chi connectivity index (χ3v) is 3.01. The summed E-state index contributed by atoms with van der Waals surface area (Å²) in [5.41, 5.74) is 0. The van der Waals surface area contributed by atoms with Crippen molar-refractivity contribution in [2.24, 2.45) is 0 Å². The van der Waals surface area contributed by atoms with Crippen LogP contribution >= 0.6 is 0 Å². The summed E-state index contributed by atoms with van der Waals surface area (Å²) in [6.07, 6.45) is 5.05. The number of terminal acetylenes is 1. The van der Waals surface area contributed by atoms with E-state index in [1.807, 2.05) is 0 Å². The van der Waals surface area contributed by atoms with Crippen LogP contribution < -0.4 is 0 Å². The molecule has 1 N–H and O–H groups in total. The summed E-state index contributed by atoms with van der Waals surface area (Å²) in [7, 11) is 0. The zero-order valence-electron chi connectivity index (χ0n) is 17.0. The Morgan fingerprint density at radius 2 is 0.828 bits per heavy atom. The van der Waals surface area contributed by atoms with Gasteiger partial charge in [-0.05, 0) is 0 Å². The highest BCUT2D eigenvalue weighted by atomic mass is 16.6. The molecule has 0 aliphatic carbocycles. The molecule has 0 bridgehead atoms. The first-order valence-electron chi connectivity index (χ1n) is 9.54. The zero-order valence-corrected chi connectivity index (χ0v) is 17.0. The van der Waals surface area contributed by atoms with Crippen molar-refractivity contribution < 1.29 is 47.8 Å². The van der Waals surface area contributed by atoms with Crippen LogP contribution in [0.1, 0.15) is 0 Å². The van der Waals surface area contributed by atoms with Gasteiger partial charge in [-0.2, -0.15) is 0 Å². The number of aliphatic carboxylic acids is 1. The van der Waals surface area contributed by atoms with Gasteiger partial charge in [0.1, 0.15) is 13.2 Å². The first kappa shape index (κ1) is 27.7. The quantitative estimate of drug-likeness (QED) is 0.166. The number of carbonyl (C=O) groups is 1. The highest BCUT2D eigenvalue weighted by molar-refractivity contribution is 5.67. The first-order valence-corrected chi connectivity index (χ1v) is 9.54. The van der Waals surface area contributed by atoms with Crippen LogP contribution in [0, 0.1) is 12.3 Å². The van der Waals surface area contributed by atoms with Crippen LogP contribution in [-0.2, 0) is 42.7 Å². The molecule has 0 spiro atoms. The van der Waals surface area contributed by atoms with E-state index in [-0.39, 0.29) is 13.2 Å². The summed E-state index contributed by atoms with van der Waals surface area (Å²) >= 11 is 0. The molecule has 0 aliphatic rings. The summed E-state index contributed by atoms with van der Waals surface area (Å²) in [4.78, 5) is 10.2. The van der Waals surface area contributed by atoms with Crippen LogP contribution in [-0.4, -0.2) is 117 Å². The van der Waals surface area contributed by atoms with Crippen LogP contribution in [0.15, 0.2) is 0 Å². The van der Waals surface area contributed by atoms with Gasteiger partial charge in [-0.15, -0.1) is 6.42 Å². The van der Waals surface area contributed by atoms with E-state index in [4.69, 9.17) is 49.4 Å². The van der Waals surface area contributed by atoms with Crippen molar-refractivity contribution in [3.05, 3.63) is 0 Å². The molecule has 0 unspecified atom stereocenters. The van der Waals surface area contributed by atoms with E-state index in [9.17, 15) is 4.79 Å². The molecule has 0 aromatic rings. The van der Waals surface area contributed by atoms with Gasteiger partial charge >= 0.3 is 5.97 Å². The monoisotopic (exact) mass is 422 g/mol. The van der Waals surface area contributed by atoms with Crippen molar-refractivity contribution in [2.75, 3.05) is 106 Å². The predicted octanol–water partition coefficient (Wildman–Crippen LogP) is -0.163. The molecule has 0 atom stereocenters. The molecule has 0 amide bonds.